The van der Waals surface area contributed by atoms with Gasteiger partial charge in [0.25, 0.3) is 5.91 Å². The molecule has 3 N–H and O–H groups in total. The molecule has 3 nitrogen and oxygen atoms in total. The predicted octanol–water partition coefficient (Wildman–Crippen LogP) is 2.49. The Hall–Kier alpha value is -1.91. The Bertz CT molecular complexity index is 646. The number of halogens is 2. The number of hydrogen-bond acceptors (Lipinski definition) is 1. The average Bonchev–Trinajstić information content (AvgIpc) is 2.46. The molecule has 0 atom stereocenters. The summed E-state index contributed by atoms with van der Waals surface area (Å²) in [5.41, 5.74) is 2.12. The van der Waals surface area contributed by atoms with Gasteiger partial charge in [-0.05, 0) is 30.7 Å². The van der Waals surface area contributed by atoms with Crippen molar-refractivity contribution in [3.05, 3.63) is 64.4 Å². The molecule has 0 aliphatic rings. The van der Waals surface area contributed by atoms with E-state index >= 15 is 0 Å². The fourth-order valence-electron chi connectivity index (χ4n) is 1.97. The van der Waals surface area contributed by atoms with E-state index in [1.165, 1.54) is 6.07 Å². The molecule has 0 aliphatic heterocycles. The van der Waals surface area contributed by atoms with Gasteiger partial charge in [0.05, 0.1) is 0 Å². The number of carbonyl (C=O) groups excluding carboxylic acids is 1. The molecule has 5 heteroatoms. The molecule has 0 unspecified atom stereocenters. The van der Waals surface area contributed by atoms with Gasteiger partial charge in [0.15, 0.2) is 6.54 Å². The van der Waals surface area contributed by atoms with Crippen molar-refractivity contribution in [2.75, 3.05) is 11.9 Å². The van der Waals surface area contributed by atoms with Gasteiger partial charge in [-0.2, -0.15) is 0 Å². The smallest absolute Gasteiger partial charge is 0.279 e. The topological polar surface area (TPSA) is 45.7 Å². The zero-order valence-corrected chi connectivity index (χ0v) is 12.5. The van der Waals surface area contributed by atoms with E-state index in [9.17, 15) is 9.18 Å². The van der Waals surface area contributed by atoms with Gasteiger partial charge in [0, 0.05) is 16.3 Å². The molecule has 110 valence electrons. The van der Waals surface area contributed by atoms with Crippen LogP contribution in [0.4, 0.5) is 10.1 Å². The summed E-state index contributed by atoms with van der Waals surface area (Å²) in [6.45, 7) is 2.50. The lowest BCUT2D eigenvalue weighted by Gasteiger charge is -2.09. The van der Waals surface area contributed by atoms with Gasteiger partial charge < -0.3 is 10.6 Å². The Labute approximate surface area is 128 Å². The van der Waals surface area contributed by atoms with E-state index in [1.807, 2.05) is 6.92 Å². The zero-order chi connectivity index (χ0) is 15.2. The summed E-state index contributed by atoms with van der Waals surface area (Å²) < 4.78 is 13.4. The molecule has 0 aliphatic carbocycles. The van der Waals surface area contributed by atoms with E-state index in [2.05, 4.69) is 5.32 Å². The maximum atomic E-state index is 13.4. The highest BCUT2D eigenvalue weighted by molar-refractivity contribution is 6.31. The van der Waals surface area contributed by atoms with Crippen molar-refractivity contribution < 1.29 is 14.5 Å². The average molecular weight is 308 g/mol. The third-order valence-electron chi connectivity index (χ3n) is 3.19. The molecule has 2 aromatic rings. The Morgan fingerprint density at radius 3 is 2.76 bits per heavy atom. The maximum Gasteiger partial charge on any atom is 0.279 e. The molecule has 0 saturated carbocycles. The van der Waals surface area contributed by atoms with Crippen LogP contribution in [0.1, 0.15) is 11.1 Å². The highest BCUT2D eigenvalue weighted by Crippen LogP contribution is 2.22. The third kappa shape index (κ3) is 4.28. The molecule has 2 aromatic carbocycles. The van der Waals surface area contributed by atoms with Crippen molar-refractivity contribution in [2.45, 2.75) is 13.5 Å². The van der Waals surface area contributed by atoms with Crippen LogP contribution in [0.2, 0.25) is 5.02 Å². The van der Waals surface area contributed by atoms with Crippen molar-refractivity contribution in [3.63, 3.8) is 0 Å². The summed E-state index contributed by atoms with van der Waals surface area (Å²) >= 11 is 6.00. The first-order valence-corrected chi connectivity index (χ1v) is 7.06. The number of quaternary nitrogens is 1. The molecular weight excluding hydrogens is 291 g/mol. The molecule has 2 rings (SSSR count). The number of hydrogen-bond donors (Lipinski definition) is 2. The zero-order valence-electron chi connectivity index (χ0n) is 11.7. The van der Waals surface area contributed by atoms with E-state index in [1.54, 1.807) is 41.7 Å². The second-order valence-electron chi connectivity index (χ2n) is 4.75. The molecule has 1 amide bonds. The van der Waals surface area contributed by atoms with E-state index in [-0.39, 0.29) is 18.3 Å². The highest BCUT2D eigenvalue weighted by atomic mass is 35.5. The van der Waals surface area contributed by atoms with Gasteiger partial charge in [-0.25, -0.2) is 4.39 Å². The number of anilines is 1. The van der Waals surface area contributed by atoms with Crippen molar-refractivity contribution in [1.82, 2.24) is 0 Å². The second-order valence-corrected chi connectivity index (χ2v) is 5.16. The van der Waals surface area contributed by atoms with Gasteiger partial charge in [0.1, 0.15) is 12.4 Å². The van der Waals surface area contributed by atoms with Crippen molar-refractivity contribution in [3.8, 4) is 0 Å². The van der Waals surface area contributed by atoms with Crippen LogP contribution in [0.3, 0.4) is 0 Å². The summed E-state index contributed by atoms with van der Waals surface area (Å²) in [6, 6.07) is 11.9. The molecule has 21 heavy (non-hydrogen) atoms. The van der Waals surface area contributed by atoms with Crippen LogP contribution < -0.4 is 10.6 Å². The fraction of sp³-hybridized carbons (Fsp3) is 0.188. The quantitative estimate of drug-likeness (QED) is 0.876. The SMILES string of the molecule is Cc1c(Cl)cccc1NC(=O)C[NH2+]Cc1ccccc1F. The highest BCUT2D eigenvalue weighted by Gasteiger charge is 2.09. The van der Waals surface area contributed by atoms with Crippen molar-refractivity contribution in [1.29, 1.82) is 0 Å². The molecule has 0 aromatic heterocycles. The molecule has 0 spiro atoms. The predicted molar refractivity (Wildman–Crippen MR) is 81.7 cm³/mol. The first-order valence-electron chi connectivity index (χ1n) is 6.68. The van der Waals surface area contributed by atoms with Gasteiger partial charge in [-0.15, -0.1) is 0 Å². The molecule has 0 saturated heterocycles. The number of nitrogens with two attached hydrogens (primary N) is 1. The van der Waals surface area contributed by atoms with E-state index in [4.69, 9.17) is 11.6 Å². The maximum absolute atomic E-state index is 13.4. The largest absolute Gasteiger partial charge is 0.335 e. The fourth-order valence-corrected chi connectivity index (χ4v) is 2.14. The molecule has 0 bridgehead atoms. The van der Waals surface area contributed by atoms with Crippen molar-refractivity contribution in [2.24, 2.45) is 0 Å². The minimum atomic E-state index is -0.250. The lowest BCUT2D eigenvalue weighted by molar-refractivity contribution is -0.659. The Balaban J connectivity index is 1.85. The van der Waals surface area contributed by atoms with Crippen LogP contribution >= 0.6 is 11.6 Å². The molecule has 0 radical (unpaired) electrons. The third-order valence-corrected chi connectivity index (χ3v) is 3.60. The number of carbonyl (C=O) groups is 1. The van der Waals surface area contributed by atoms with Gasteiger partial charge in [0.2, 0.25) is 0 Å². The Morgan fingerprint density at radius 2 is 2.00 bits per heavy atom. The number of amides is 1. The summed E-state index contributed by atoms with van der Waals surface area (Å²) in [7, 11) is 0. The first-order chi connectivity index (χ1) is 10.1. The summed E-state index contributed by atoms with van der Waals surface area (Å²) in [4.78, 5) is 11.9. The lowest BCUT2D eigenvalue weighted by Crippen LogP contribution is -2.84. The van der Waals surface area contributed by atoms with E-state index < -0.39 is 0 Å². The number of nitrogens with one attached hydrogen (secondary N) is 1. The minimum Gasteiger partial charge on any atom is -0.335 e. The standard InChI is InChI=1S/C16H16ClFN2O/c1-11-13(17)6-4-8-15(11)20-16(21)10-19-9-12-5-2-3-7-14(12)18/h2-8,19H,9-10H2,1H3,(H,20,21)/p+1. The Morgan fingerprint density at radius 1 is 1.24 bits per heavy atom. The second kappa shape index (κ2) is 7.20. The van der Waals surface area contributed by atoms with Gasteiger partial charge in [-0.3, -0.25) is 4.79 Å². The van der Waals surface area contributed by atoms with Crippen molar-refractivity contribution >= 4 is 23.2 Å². The Kier molecular flexibility index (Phi) is 5.31. The van der Waals surface area contributed by atoms with Gasteiger partial charge >= 0.3 is 0 Å². The molecule has 0 fully saturated rings. The minimum absolute atomic E-state index is 0.142. The van der Waals surface area contributed by atoms with E-state index in [0.29, 0.717) is 22.8 Å². The monoisotopic (exact) mass is 307 g/mol. The van der Waals surface area contributed by atoms with Crippen LogP contribution in [-0.4, -0.2) is 12.5 Å². The molecule has 0 heterocycles. The summed E-state index contributed by atoms with van der Waals surface area (Å²) in [5.74, 6) is -0.392. The van der Waals surface area contributed by atoms with Gasteiger partial charge in [-0.1, -0.05) is 35.9 Å². The number of rotatable bonds is 5. The van der Waals surface area contributed by atoms with Crippen LogP contribution in [0, 0.1) is 12.7 Å². The van der Waals surface area contributed by atoms with Crippen LogP contribution in [0.25, 0.3) is 0 Å². The summed E-state index contributed by atoms with van der Waals surface area (Å²) in [6.07, 6.45) is 0. The summed E-state index contributed by atoms with van der Waals surface area (Å²) in [5, 5.41) is 5.18. The normalized spacial score (nSPS) is 10.4. The molecular formula is C16H17ClFN2O+. The van der Waals surface area contributed by atoms with Crippen LogP contribution in [-0.2, 0) is 11.3 Å². The van der Waals surface area contributed by atoms with Crippen LogP contribution in [0.15, 0.2) is 42.5 Å². The van der Waals surface area contributed by atoms with E-state index in [0.717, 1.165) is 5.56 Å². The first kappa shape index (κ1) is 15.5. The van der Waals surface area contributed by atoms with Crippen LogP contribution in [0.5, 0.6) is 0 Å². The number of benzene rings is 2. The lowest BCUT2D eigenvalue weighted by atomic mass is 10.2.